The van der Waals surface area contributed by atoms with Crippen LogP contribution in [0.4, 0.5) is 4.39 Å². The second kappa shape index (κ2) is 6.35. The Balaban J connectivity index is 2.52. The number of amides is 1. The second-order valence-electron chi connectivity index (χ2n) is 4.07. The Morgan fingerprint density at radius 1 is 1.47 bits per heavy atom. The number of hydrogen-bond donors (Lipinski definition) is 2. The molecule has 4 heteroatoms. The molecule has 0 spiro atoms. The highest BCUT2D eigenvalue weighted by molar-refractivity contribution is 5.81. The first-order chi connectivity index (χ1) is 8.04. The minimum Gasteiger partial charge on any atom is -0.355 e. The zero-order chi connectivity index (χ0) is 12.8. The molecule has 0 aliphatic rings. The average molecular weight is 238 g/mol. The molecule has 0 fully saturated rings. The summed E-state index contributed by atoms with van der Waals surface area (Å²) in [6.07, 6.45) is 0. The van der Waals surface area contributed by atoms with Crippen LogP contribution in [0.25, 0.3) is 0 Å². The van der Waals surface area contributed by atoms with Gasteiger partial charge >= 0.3 is 0 Å². The van der Waals surface area contributed by atoms with E-state index in [0.717, 1.165) is 11.1 Å². The highest BCUT2D eigenvalue weighted by atomic mass is 19.1. The van der Waals surface area contributed by atoms with E-state index in [1.165, 1.54) is 12.1 Å². The van der Waals surface area contributed by atoms with Crippen LogP contribution in [0.15, 0.2) is 18.2 Å². The van der Waals surface area contributed by atoms with E-state index in [1.807, 2.05) is 20.8 Å². The minimum absolute atomic E-state index is 0.0211. The van der Waals surface area contributed by atoms with Crippen molar-refractivity contribution in [1.29, 1.82) is 0 Å². The van der Waals surface area contributed by atoms with Crippen molar-refractivity contribution in [3.63, 3.8) is 0 Å². The van der Waals surface area contributed by atoms with E-state index in [9.17, 15) is 9.18 Å². The first-order valence-corrected chi connectivity index (χ1v) is 5.80. The topological polar surface area (TPSA) is 41.1 Å². The Bertz CT molecular complexity index is 393. The Hall–Kier alpha value is -1.42. The molecule has 1 atom stereocenters. The molecule has 0 saturated carbocycles. The van der Waals surface area contributed by atoms with Crippen molar-refractivity contribution in [2.45, 2.75) is 33.4 Å². The lowest BCUT2D eigenvalue weighted by Gasteiger charge is -2.14. The predicted molar refractivity (Wildman–Crippen MR) is 66.1 cm³/mol. The van der Waals surface area contributed by atoms with E-state index in [1.54, 1.807) is 6.07 Å². The molecule has 1 aromatic carbocycles. The van der Waals surface area contributed by atoms with Crippen LogP contribution < -0.4 is 10.6 Å². The zero-order valence-electron chi connectivity index (χ0n) is 10.5. The molecule has 2 N–H and O–H groups in total. The third-order valence-electron chi connectivity index (χ3n) is 2.65. The van der Waals surface area contributed by atoms with Crippen molar-refractivity contribution in [3.05, 3.63) is 35.1 Å². The number of likely N-dealkylation sites (N-methyl/N-ethyl adjacent to an activating group) is 1. The molecule has 1 amide bonds. The van der Waals surface area contributed by atoms with E-state index in [0.29, 0.717) is 13.1 Å². The smallest absolute Gasteiger partial charge is 0.236 e. The van der Waals surface area contributed by atoms with Crippen LogP contribution in [-0.4, -0.2) is 18.5 Å². The van der Waals surface area contributed by atoms with Crippen LogP contribution in [-0.2, 0) is 11.3 Å². The Morgan fingerprint density at radius 2 is 2.18 bits per heavy atom. The Morgan fingerprint density at radius 3 is 2.76 bits per heavy atom. The van der Waals surface area contributed by atoms with Gasteiger partial charge in [-0.05, 0) is 44.0 Å². The maximum absolute atomic E-state index is 12.9. The molecule has 0 aliphatic heterocycles. The van der Waals surface area contributed by atoms with Crippen molar-refractivity contribution >= 4 is 5.91 Å². The van der Waals surface area contributed by atoms with Gasteiger partial charge in [0.25, 0.3) is 0 Å². The van der Waals surface area contributed by atoms with Crippen molar-refractivity contribution < 1.29 is 9.18 Å². The molecular formula is C13H19FN2O. The molecule has 1 aromatic rings. The molecule has 17 heavy (non-hydrogen) atoms. The molecule has 0 radical (unpaired) electrons. The van der Waals surface area contributed by atoms with Gasteiger partial charge < -0.3 is 10.6 Å². The molecule has 0 aliphatic carbocycles. The van der Waals surface area contributed by atoms with Gasteiger partial charge in [-0.1, -0.05) is 6.07 Å². The molecule has 0 bridgehead atoms. The zero-order valence-corrected chi connectivity index (χ0v) is 10.5. The van der Waals surface area contributed by atoms with Gasteiger partial charge in [-0.15, -0.1) is 0 Å². The molecule has 0 aromatic heterocycles. The summed E-state index contributed by atoms with van der Waals surface area (Å²) in [6.45, 7) is 6.74. The first kappa shape index (κ1) is 13.6. The first-order valence-electron chi connectivity index (χ1n) is 5.80. The number of carbonyl (C=O) groups is 1. The molecule has 3 nitrogen and oxygen atoms in total. The van der Waals surface area contributed by atoms with Gasteiger partial charge in [0.1, 0.15) is 5.82 Å². The summed E-state index contributed by atoms with van der Waals surface area (Å²) in [5, 5.41) is 5.85. The number of aryl methyl sites for hydroxylation is 1. The monoisotopic (exact) mass is 238 g/mol. The van der Waals surface area contributed by atoms with Crippen LogP contribution in [0.1, 0.15) is 25.0 Å². The van der Waals surface area contributed by atoms with Gasteiger partial charge in [-0.3, -0.25) is 4.79 Å². The quantitative estimate of drug-likeness (QED) is 0.820. The van der Waals surface area contributed by atoms with Gasteiger partial charge in [0, 0.05) is 13.1 Å². The third kappa shape index (κ3) is 4.15. The fraction of sp³-hybridized carbons (Fsp3) is 0.462. The molecule has 1 rings (SSSR count). The standard InChI is InChI=1S/C13H19FN2O/c1-4-15-13(17)10(3)16-8-11-5-6-12(14)7-9(11)2/h5-7,10,16H,4,8H2,1-3H3,(H,15,17). The molecular weight excluding hydrogens is 219 g/mol. The Kier molecular flexibility index (Phi) is 5.10. The highest BCUT2D eigenvalue weighted by Crippen LogP contribution is 2.09. The number of rotatable bonds is 5. The van der Waals surface area contributed by atoms with Crippen LogP contribution in [0.2, 0.25) is 0 Å². The van der Waals surface area contributed by atoms with Crippen LogP contribution >= 0.6 is 0 Å². The SMILES string of the molecule is CCNC(=O)C(C)NCc1ccc(F)cc1C. The largest absolute Gasteiger partial charge is 0.355 e. The summed E-state index contributed by atoms with van der Waals surface area (Å²) in [4.78, 5) is 11.5. The molecule has 94 valence electrons. The van der Waals surface area contributed by atoms with Crippen molar-refractivity contribution in [2.24, 2.45) is 0 Å². The summed E-state index contributed by atoms with van der Waals surface area (Å²) < 4.78 is 12.9. The van der Waals surface area contributed by atoms with Gasteiger partial charge in [0.15, 0.2) is 0 Å². The average Bonchev–Trinajstić information content (AvgIpc) is 2.27. The number of carbonyl (C=O) groups excluding carboxylic acids is 1. The normalized spacial score (nSPS) is 12.2. The van der Waals surface area contributed by atoms with Crippen molar-refractivity contribution in [1.82, 2.24) is 10.6 Å². The number of benzene rings is 1. The maximum Gasteiger partial charge on any atom is 0.236 e. The van der Waals surface area contributed by atoms with Gasteiger partial charge in [-0.2, -0.15) is 0 Å². The summed E-state index contributed by atoms with van der Waals surface area (Å²) >= 11 is 0. The number of nitrogens with one attached hydrogen (secondary N) is 2. The minimum atomic E-state index is -0.251. The van der Waals surface area contributed by atoms with E-state index < -0.39 is 0 Å². The third-order valence-corrected chi connectivity index (χ3v) is 2.65. The predicted octanol–water partition coefficient (Wildman–Crippen LogP) is 1.75. The summed E-state index contributed by atoms with van der Waals surface area (Å²) in [5.74, 6) is -0.254. The Labute approximate surface area is 101 Å². The van der Waals surface area contributed by atoms with E-state index in [-0.39, 0.29) is 17.8 Å². The highest BCUT2D eigenvalue weighted by Gasteiger charge is 2.11. The summed E-state index contributed by atoms with van der Waals surface area (Å²) in [7, 11) is 0. The second-order valence-corrected chi connectivity index (χ2v) is 4.07. The van der Waals surface area contributed by atoms with Gasteiger partial charge in [0.05, 0.1) is 6.04 Å². The van der Waals surface area contributed by atoms with Crippen LogP contribution in [0.5, 0.6) is 0 Å². The lowest BCUT2D eigenvalue weighted by molar-refractivity contribution is -0.122. The fourth-order valence-electron chi connectivity index (χ4n) is 1.54. The van der Waals surface area contributed by atoms with Crippen molar-refractivity contribution in [3.8, 4) is 0 Å². The van der Waals surface area contributed by atoms with E-state index >= 15 is 0 Å². The number of hydrogen-bond acceptors (Lipinski definition) is 2. The van der Waals surface area contributed by atoms with Gasteiger partial charge in [-0.25, -0.2) is 4.39 Å². The van der Waals surface area contributed by atoms with Crippen LogP contribution in [0.3, 0.4) is 0 Å². The van der Waals surface area contributed by atoms with Crippen molar-refractivity contribution in [2.75, 3.05) is 6.54 Å². The lowest BCUT2D eigenvalue weighted by Crippen LogP contribution is -2.41. The van der Waals surface area contributed by atoms with Crippen LogP contribution in [0, 0.1) is 12.7 Å². The number of halogens is 1. The van der Waals surface area contributed by atoms with E-state index in [4.69, 9.17) is 0 Å². The van der Waals surface area contributed by atoms with Gasteiger partial charge in [0.2, 0.25) is 5.91 Å². The molecule has 0 saturated heterocycles. The lowest BCUT2D eigenvalue weighted by atomic mass is 10.1. The molecule has 1 unspecified atom stereocenters. The molecule has 0 heterocycles. The fourth-order valence-corrected chi connectivity index (χ4v) is 1.54. The van der Waals surface area contributed by atoms with E-state index in [2.05, 4.69) is 10.6 Å². The summed E-state index contributed by atoms with van der Waals surface area (Å²) in [5.41, 5.74) is 1.89. The maximum atomic E-state index is 12.9. The summed E-state index contributed by atoms with van der Waals surface area (Å²) in [6, 6.07) is 4.41.